The van der Waals surface area contributed by atoms with Crippen molar-refractivity contribution in [3.05, 3.63) is 33.4 Å². The molecule has 0 bridgehead atoms. The van der Waals surface area contributed by atoms with Gasteiger partial charge in [-0.05, 0) is 31.2 Å². The molecule has 1 N–H and O–H groups in total. The zero-order valence-corrected chi connectivity index (χ0v) is 16.2. The Labute approximate surface area is 160 Å². The second-order valence-electron chi connectivity index (χ2n) is 6.11. The number of carbonyl (C=O) groups excluding carboxylic acids is 1. The van der Waals surface area contributed by atoms with Crippen LogP contribution in [0.4, 0.5) is 0 Å². The monoisotopic (exact) mass is 387 g/mol. The van der Waals surface area contributed by atoms with Crippen LogP contribution in [0.2, 0.25) is 0 Å². The number of hydrogen-bond acceptors (Lipinski definition) is 5. The van der Waals surface area contributed by atoms with Crippen molar-refractivity contribution < 1.29 is 4.79 Å². The van der Waals surface area contributed by atoms with E-state index in [0.29, 0.717) is 11.7 Å². The minimum atomic E-state index is -0.172. The third kappa shape index (κ3) is 3.87. The van der Waals surface area contributed by atoms with Crippen molar-refractivity contribution in [1.82, 2.24) is 14.9 Å². The lowest BCUT2D eigenvalue weighted by Gasteiger charge is -2.10. The maximum atomic E-state index is 13.1. The molecule has 0 aromatic carbocycles. The van der Waals surface area contributed by atoms with Gasteiger partial charge in [0.2, 0.25) is 5.91 Å². The summed E-state index contributed by atoms with van der Waals surface area (Å²) in [5.74, 6) is 2.37. The third-order valence-electron chi connectivity index (χ3n) is 4.32. The molecule has 26 heavy (non-hydrogen) atoms. The van der Waals surface area contributed by atoms with Crippen molar-refractivity contribution in [3.63, 3.8) is 0 Å². The first-order valence-electron chi connectivity index (χ1n) is 8.64. The molecule has 0 saturated heterocycles. The Morgan fingerprint density at radius 3 is 3.00 bits per heavy atom. The van der Waals surface area contributed by atoms with E-state index in [1.165, 1.54) is 28.6 Å². The maximum Gasteiger partial charge on any atom is 0.263 e. The van der Waals surface area contributed by atoms with Crippen LogP contribution in [0.15, 0.2) is 22.6 Å². The van der Waals surface area contributed by atoms with Gasteiger partial charge >= 0.3 is 0 Å². The molecule has 5 nitrogen and oxygen atoms in total. The number of amides is 1. The number of rotatable bonds is 6. The molecule has 2 aromatic rings. The fourth-order valence-electron chi connectivity index (χ4n) is 3.13. The number of terminal acetylenes is 1. The van der Waals surface area contributed by atoms with E-state index in [2.05, 4.69) is 17.8 Å². The molecule has 0 radical (unpaired) electrons. The van der Waals surface area contributed by atoms with Gasteiger partial charge in [-0.25, -0.2) is 4.98 Å². The normalized spacial score (nSPS) is 13.7. The van der Waals surface area contributed by atoms with Gasteiger partial charge in [-0.1, -0.05) is 30.2 Å². The summed E-state index contributed by atoms with van der Waals surface area (Å²) < 4.78 is 1.62. The lowest BCUT2D eigenvalue weighted by molar-refractivity contribution is -0.118. The molecule has 1 aliphatic rings. The molecule has 0 fully saturated rings. The van der Waals surface area contributed by atoms with E-state index in [1.807, 2.05) is 0 Å². The van der Waals surface area contributed by atoms with Crippen molar-refractivity contribution in [2.24, 2.45) is 0 Å². The van der Waals surface area contributed by atoms with Gasteiger partial charge in [-0.2, -0.15) is 0 Å². The Bertz CT molecular complexity index is 937. The lowest BCUT2D eigenvalue weighted by atomic mass is 10.1. The van der Waals surface area contributed by atoms with Crippen LogP contribution >= 0.6 is 23.1 Å². The van der Waals surface area contributed by atoms with Crippen LogP contribution in [0.1, 0.15) is 29.7 Å². The first-order chi connectivity index (χ1) is 12.7. The van der Waals surface area contributed by atoms with E-state index < -0.39 is 0 Å². The first kappa shape index (κ1) is 18.7. The molecule has 7 heteroatoms. The highest BCUT2D eigenvalue weighted by Crippen LogP contribution is 2.34. The van der Waals surface area contributed by atoms with E-state index >= 15 is 0 Å². The molecule has 0 unspecified atom stereocenters. The van der Waals surface area contributed by atoms with E-state index in [4.69, 9.17) is 11.4 Å². The van der Waals surface area contributed by atoms with Crippen LogP contribution < -0.4 is 10.9 Å². The molecule has 0 spiro atoms. The van der Waals surface area contributed by atoms with Crippen molar-refractivity contribution in [2.45, 2.75) is 43.8 Å². The van der Waals surface area contributed by atoms with Crippen LogP contribution in [-0.2, 0) is 24.2 Å². The van der Waals surface area contributed by atoms with E-state index in [1.54, 1.807) is 22.0 Å². The smallest absolute Gasteiger partial charge is 0.263 e. The number of hydrogen-bond donors (Lipinski definition) is 1. The van der Waals surface area contributed by atoms with Gasteiger partial charge in [0.1, 0.15) is 4.83 Å². The number of nitrogens with zero attached hydrogens (tertiary/aromatic N) is 2. The number of carbonyl (C=O) groups is 1. The number of aromatic nitrogens is 2. The van der Waals surface area contributed by atoms with Crippen LogP contribution in [0.3, 0.4) is 0 Å². The van der Waals surface area contributed by atoms with E-state index in [0.717, 1.165) is 35.9 Å². The second kappa shape index (κ2) is 8.56. The standard InChI is InChI=1S/C19H21N3O2S2/c1-3-10-20-15(23)12-25-19-21-17-16(18(24)22(19)11-4-2)13-8-6-5-7-9-14(13)26-17/h1,4H,2,5-12H2,(H,20,23). The zero-order valence-electron chi connectivity index (χ0n) is 14.5. The maximum absolute atomic E-state index is 13.1. The van der Waals surface area contributed by atoms with Gasteiger partial charge in [0.25, 0.3) is 5.56 Å². The summed E-state index contributed by atoms with van der Waals surface area (Å²) in [5, 5.41) is 3.93. The van der Waals surface area contributed by atoms with Crippen LogP contribution in [-0.4, -0.2) is 27.8 Å². The highest BCUT2D eigenvalue weighted by atomic mass is 32.2. The topological polar surface area (TPSA) is 64.0 Å². The molecular formula is C19H21N3O2S2. The molecule has 0 aliphatic heterocycles. The molecule has 0 saturated carbocycles. The Hall–Kier alpha value is -2.04. The Kier molecular flexibility index (Phi) is 6.17. The van der Waals surface area contributed by atoms with Crippen LogP contribution in [0.5, 0.6) is 0 Å². The Morgan fingerprint density at radius 2 is 2.23 bits per heavy atom. The van der Waals surface area contributed by atoms with Gasteiger partial charge < -0.3 is 5.32 Å². The third-order valence-corrected chi connectivity index (χ3v) is 6.48. The SMILES string of the molecule is C#CCNC(=O)CSc1nc2sc3c(c2c(=O)n1CC=C)CCCCC3. The predicted molar refractivity (Wildman–Crippen MR) is 108 cm³/mol. The summed E-state index contributed by atoms with van der Waals surface area (Å²) in [6.45, 7) is 4.32. The number of thiophene rings is 1. The van der Waals surface area contributed by atoms with E-state index in [-0.39, 0.29) is 23.8 Å². The van der Waals surface area contributed by atoms with Crippen molar-refractivity contribution >= 4 is 39.2 Å². The number of allylic oxidation sites excluding steroid dienone is 1. The van der Waals surface area contributed by atoms with Crippen molar-refractivity contribution in [2.75, 3.05) is 12.3 Å². The highest BCUT2D eigenvalue weighted by Gasteiger charge is 2.21. The summed E-state index contributed by atoms with van der Waals surface area (Å²) in [4.78, 5) is 31.8. The molecule has 2 heterocycles. The average molecular weight is 388 g/mol. The molecule has 1 aliphatic carbocycles. The number of nitrogens with one attached hydrogen (secondary N) is 1. The summed E-state index contributed by atoms with van der Waals surface area (Å²) >= 11 is 2.88. The summed E-state index contributed by atoms with van der Waals surface area (Å²) in [5.41, 5.74) is 1.15. The fraction of sp³-hybridized carbons (Fsp3) is 0.421. The average Bonchev–Trinajstić information content (AvgIpc) is 2.82. The molecule has 0 atom stereocenters. The van der Waals surface area contributed by atoms with Gasteiger partial charge in [0.05, 0.1) is 17.7 Å². The predicted octanol–water partition coefficient (Wildman–Crippen LogP) is 2.75. The quantitative estimate of drug-likeness (QED) is 0.272. The Balaban J connectivity index is 1.99. The summed E-state index contributed by atoms with van der Waals surface area (Å²) in [7, 11) is 0. The minimum Gasteiger partial charge on any atom is -0.344 e. The van der Waals surface area contributed by atoms with Crippen LogP contribution in [0.25, 0.3) is 10.2 Å². The lowest BCUT2D eigenvalue weighted by Crippen LogP contribution is -2.27. The minimum absolute atomic E-state index is 0.0270. The van der Waals surface area contributed by atoms with Gasteiger partial charge in [-0.15, -0.1) is 24.3 Å². The molecule has 136 valence electrons. The number of aryl methyl sites for hydroxylation is 2. The van der Waals surface area contributed by atoms with Crippen molar-refractivity contribution in [1.29, 1.82) is 0 Å². The van der Waals surface area contributed by atoms with Gasteiger partial charge in [-0.3, -0.25) is 14.2 Å². The summed E-state index contributed by atoms with van der Waals surface area (Å²) in [6.07, 6.45) is 12.3. The first-order valence-corrected chi connectivity index (χ1v) is 10.4. The van der Waals surface area contributed by atoms with Crippen molar-refractivity contribution in [3.8, 4) is 12.3 Å². The highest BCUT2D eigenvalue weighted by molar-refractivity contribution is 7.99. The second-order valence-corrected chi connectivity index (χ2v) is 8.14. The number of thioether (sulfide) groups is 1. The largest absolute Gasteiger partial charge is 0.344 e. The zero-order chi connectivity index (χ0) is 18.5. The fourth-order valence-corrected chi connectivity index (χ4v) is 5.27. The summed E-state index contributed by atoms with van der Waals surface area (Å²) in [6, 6.07) is 0. The number of fused-ring (bicyclic) bond motifs is 3. The van der Waals surface area contributed by atoms with Gasteiger partial charge in [0.15, 0.2) is 5.16 Å². The Morgan fingerprint density at radius 1 is 1.42 bits per heavy atom. The van der Waals surface area contributed by atoms with Crippen LogP contribution in [0, 0.1) is 12.3 Å². The molecule has 3 rings (SSSR count). The molecular weight excluding hydrogens is 366 g/mol. The van der Waals surface area contributed by atoms with E-state index in [9.17, 15) is 9.59 Å². The molecule has 1 amide bonds. The van der Waals surface area contributed by atoms with Gasteiger partial charge in [0, 0.05) is 11.4 Å². The molecule has 2 aromatic heterocycles.